The van der Waals surface area contributed by atoms with E-state index in [1.807, 2.05) is 6.92 Å². The number of nitrogens with zero attached hydrogens (tertiary/aromatic N) is 1. The number of aromatic nitrogens is 1. The van der Waals surface area contributed by atoms with Gasteiger partial charge in [-0.05, 0) is 34.5 Å². The maximum absolute atomic E-state index is 11.9. The van der Waals surface area contributed by atoms with Gasteiger partial charge in [-0.1, -0.05) is 0 Å². The van der Waals surface area contributed by atoms with Crippen LogP contribution in [0.3, 0.4) is 0 Å². The lowest BCUT2D eigenvalue weighted by Crippen LogP contribution is -2.15. The first-order chi connectivity index (χ1) is 6.90. The van der Waals surface area contributed by atoms with Crippen molar-refractivity contribution in [3.63, 3.8) is 0 Å². The number of pyridine rings is 1. The Balaban J connectivity index is 2.55. The fourth-order valence-corrected chi connectivity index (χ4v) is 1.36. The molecule has 0 amide bonds. The Morgan fingerprint density at radius 3 is 2.73 bits per heavy atom. The third-order valence-corrected chi connectivity index (χ3v) is 2.78. The molecule has 1 aromatic rings. The van der Waals surface area contributed by atoms with Gasteiger partial charge in [0.1, 0.15) is 5.82 Å². The van der Waals surface area contributed by atoms with Crippen molar-refractivity contribution < 1.29 is 13.2 Å². The molecule has 1 aromatic heterocycles. The van der Waals surface area contributed by atoms with E-state index in [1.54, 1.807) is 12.3 Å². The number of rotatable bonds is 3. The molecule has 0 spiro atoms. The monoisotopic (exact) mass is 282 g/mol. The van der Waals surface area contributed by atoms with Crippen molar-refractivity contribution in [3.05, 3.63) is 22.3 Å². The Morgan fingerprint density at radius 2 is 2.13 bits per heavy atom. The topological polar surface area (TPSA) is 24.9 Å². The Hall–Kier alpha value is -0.780. The van der Waals surface area contributed by atoms with Crippen LogP contribution in [0.25, 0.3) is 0 Å². The maximum Gasteiger partial charge on any atom is 0.390 e. The Kier molecular flexibility index (Phi) is 3.96. The molecule has 15 heavy (non-hydrogen) atoms. The van der Waals surface area contributed by atoms with Crippen molar-refractivity contribution >= 4 is 21.7 Å². The SMILES string of the molecule is Cc1ccnc(NCCC(F)(F)F)c1Br. The van der Waals surface area contributed by atoms with Gasteiger partial charge in [0.25, 0.3) is 0 Å². The van der Waals surface area contributed by atoms with Crippen LogP contribution in [0, 0.1) is 6.92 Å². The lowest BCUT2D eigenvalue weighted by Gasteiger charge is -2.10. The molecule has 2 nitrogen and oxygen atoms in total. The number of alkyl halides is 3. The van der Waals surface area contributed by atoms with Crippen LogP contribution in [0.1, 0.15) is 12.0 Å². The molecule has 1 rings (SSSR count). The molecule has 0 aliphatic heterocycles. The first-order valence-electron chi connectivity index (χ1n) is 4.32. The van der Waals surface area contributed by atoms with Gasteiger partial charge in [-0.25, -0.2) is 4.98 Å². The van der Waals surface area contributed by atoms with Gasteiger partial charge in [0.05, 0.1) is 10.9 Å². The zero-order valence-corrected chi connectivity index (χ0v) is 9.61. The summed E-state index contributed by atoms with van der Waals surface area (Å²) in [6.45, 7) is 1.68. The Bertz CT molecular complexity index is 339. The van der Waals surface area contributed by atoms with Crippen molar-refractivity contribution in [2.75, 3.05) is 11.9 Å². The standard InChI is InChI=1S/C9H10BrF3N2/c1-6-2-4-14-8(7(6)10)15-5-3-9(11,12)13/h2,4H,3,5H2,1H3,(H,14,15). The van der Waals surface area contributed by atoms with Crippen molar-refractivity contribution in [2.45, 2.75) is 19.5 Å². The lowest BCUT2D eigenvalue weighted by atomic mass is 10.3. The summed E-state index contributed by atoms with van der Waals surface area (Å²) in [5, 5.41) is 2.63. The van der Waals surface area contributed by atoms with Crippen LogP contribution >= 0.6 is 15.9 Å². The minimum Gasteiger partial charge on any atom is -0.369 e. The molecule has 0 saturated heterocycles. The lowest BCUT2D eigenvalue weighted by molar-refractivity contribution is -0.131. The smallest absolute Gasteiger partial charge is 0.369 e. The van der Waals surface area contributed by atoms with Gasteiger partial charge in [-0.15, -0.1) is 0 Å². The fraction of sp³-hybridized carbons (Fsp3) is 0.444. The summed E-state index contributed by atoms with van der Waals surface area (Å²) >= 11 is 3.25. The van der Waals surface area contributed by atoms with E-state index in [1.165, 1.54) is 0 Å². The molecule has 0 radical (unpaired) electrons. The average Bonchev–Trinajstić information content (AvgIpc) is 2.10. The molecular weight excluding hydrogens is 273 g/mol. The molecule has 0 aliphatic carbocycles. The van der Waals surface area contributed by atoms with Crippen LogP contribution in [0.15, 0.2) is 16.7 Å². The van der Waals surface area contributed by atoms with E-state index in [-0.39, 0.29) is 6.54 Å². The van der Waals surface area contributed by atoms with Gasteiger partial charge in [0.15, 0.2) is 0 Å². The highest BCUT2D eigenvalue weighted by Crippen LogP contribution is 2.24. The second-order valence-electron chi connectivity index (χ2n) is 3.08. The first kappa shape index (κ1) is 12.3. The summed E-state index contributed by atoms with van der Waals surface area (Å²) in [4.78, 5) is 3.93. The molecule has 0 fully saturated rings. The van der Waals surface area contributed by atoms with Crippen molar-refractivity contribution in [2.24, 2.45) is 0 Å². The summed E-state index contributed by atoms with van der Waals surface area (Å²) in [7, 11) is 0. The van der Waals surface area contributed by atoms with Crippen LogP contribution in [0.2, 0.25) is 0 Å². The number of hydrogen-bond acceptors (Lipinski definition) is 2. The normalized spacial score (nSPS) is 11.5. The molecule has 1 N–H and O–H groups in total. The minimum atomic E-state index is -4.14. The highest BCUT2D eigenvalue weighted by atomic mass is 79.9. The Morgan fingerprint density at radius 1 is 1.47 bits per heavy atom. The molecule has 0 bridgehead atoms. The summed E-state index contributed by atoms with van der Waals surface area (Å²) < 4.78 is 36.3. The zero-order valence-electron chi connectivity index (χ0n) is 8.03. The zero-order chi connectivity index (χ0) is 11.5. The van der Waals surface area contributed by atoms with Crippen molar-refractivity contribution in [1.29, 1.82) is 0 Å². The largest absolute Gasteiger partial charge is 0.390 e. The summed E-state index contributed by atoms with van der Waals surface area (Å²) in [6, 6.07) is 1.78. The average molecular weight is 283 g/mol. The highest BCUT2D eigenvalue weighted by Gasteiger charge is 2.26. The number of nitrogens with one attached hydrogen (secondary N) is 1. The minimum absolute atomic E-state index is 0.168. The van der Waals surface area contributed by atoms with E-state index in [0.717, 1.165) is 5.56 Å². The number of halogens is 4. The molecule has 1 heterocycles. The van der Waals surface area contributed by atoms with E-state index in [4.69, 9.17) is 0 Å². The van der Waals surface area contributed by atoms with E-state index < -0.39 is 12.6 Å². The van der Waals surface area contributed by atoms with E-state index in [9.17, 15) is 13.2 Å². The summed E-state index contributed by atoms with van der Waals surface area (Å²) in [5.41, 5.74) is 0.930. The third-order valence-electron chi connectivity index (χ3n) is 1.78. The molecule has 0 atom stereocenters. The molecule has 0 aliphatic rings. The van der Waals surface area contributed by atoms with Gasteiger partial charge in [0.2, 0.25) is 0 Å². The molecule has 84 valence electrons. The van der Waals surface area contributed by atoms with Crippen LogP contribution in [0.4, 0.5) is 19.0 Å². The van der Waals surface area contributed by atoms with Crippen LogP contribution in [-0.4, -0.2) is 17.7 Å². The van der Waals surface area contributed by atoms with Gasteiger partial charge < -0.3 is 5.32 Å². The highest BCUT2D eigenvalue weighted by molar-refractivity contribution is 9.10. The number of anilines is 1. The van der Waals surface area contributed by atoms with E-state index in [2.05, 4.69) is 26.2 Å². The molecular formula is C9H10BrF3N2. The predicted molar refractivity (Wildman–Crippen MR) is 55.8 cm³/mol. The molecule has 0 unspecified atom stereocenters. The quantitative estimate of drug-likeness (QED) is 0.918. The van der Waals surface area contributed by atoms with Crippen molar-refractivity contribution in [1.82, 2.24) is 4.98 Å². The van der Waals surface area contributed by atoms with E-state index in [0.29, 0.717) is 10.3 Å². The predicted octanol–water partition coefficient (Wildman–Crippen LogP) is 3.52. The van der Waals surface area contributed by atoms with E-state index >= 15 is 0 Å². The van der Waals surface area contributed by atoms with Crippen LogP contribution in [0.5, 0.6) is 0 Å². The third kappa shape index (κ3) is 4.07. The molecule has 0 aromatic carbocycles. The maximum atomic E-state index is 11.9. The van der Waals surface area contributed by atoms with Gasteiger partial charge >= 0.3 is 6.18 Å². The number of hydrogen-bond donors (Lipinski definition) is 1. The van der Waals surface area contributed by atoms with Crippen LogP contribution in [-0.2, 0) is 0 Å². The van der Waals surface area contributed by atoms with Gasteiger partial charge in [-0.3, -0.25) is 0 Å². The van der Waals surface area contributed by atoms with Crippen molar-refractivity contribution in [3.8, 4) is 0 Å². The molecule has 0 saturated carbocycles. The fourth-order valence-electron chi connectivity index (χ4n) is 0.986. The molecule has 6 heteroatoms. The second-order valence-corrected chi connectivity index (χ2v) is 3.88. The second kappa shape index (κ2) is 4.83. The number of aryl methyl sites for hydroxylation is 1. The van der Waals surface area contributed by atoms with Gasteiger partial charge in [0, 0.05) is 12.7 Å². The summed E-state index contributed by atoms with van der Waals surface area (Å²) in [6.07, 6.45) is -3.45. The first-order valence-corrected chi connectivity index (χ1v) is 5.11. The summed E-state index contributed by atoms with van der Waals surface area (Å²) in [5.74, 6) is 0.444. The Labute approximate surface area is 94.0 Å². The van der Waals surface area contributed by atoms with Gasteiger partial charge in [-0.2, -0.15) is 13.2 Å². The van der Waals surface area contributed by atoms with Crippen LogP contribution < -0.4 is 5.32 Å².